The zero-order valence-electron chi connectivity index (χ0n) is 24.2. The first kappa shape index (κ1) is 28.5. The maximum Gasteiger partial charge on any atom is 0.420 e. The van der Waals surface area contributed by atoms with Gasteiger partial charge in [-0.05, 0) is 95.3 Å². The van der Waals surface area contributed by atoms with Crippen molar-refractivity contribution in [2.45, 2.75) is 85.4 Å². The van der Waals surface area contributed by atoms with Crippen molar-refractivity contribution in [1.29, 1.82) is 0 Å². The van der Waals surface area contributed by atoms with E-state index in [1.165, 1.54) is 17.7 Å². The van der Waals surface area contributed by atoms with Crippen LogP contribution in [0.2, 0.25) is 0 Å². The molecule has 4 aromatic heterocycles. The van der Waals surface area contributed by atoms with E-state index >= 15 is 0 Å². The summed E-state index contributed by atoms with van der Waals surface area (Å²) in [5.41, 5.74) is 3.76. The number of hydrogen-bond donors (Lipinski definition) is 0. The van der Waals surface area contributed by atoms with E-state index in [1.54, 1.807) is 14.0 Å². The number of carbonyl (C=O) groups excluding carboxylic acids is 2. The van der Waals surface area contributed by atoms with Gasteiger partial charge in [0.15, 0.2) is 5.65 Å². The number of rotatable bonds is 2. The van der Waals surface area contributed by atoms with Gasteiger partial charge in [0.1, 0.15) is 27.9 Å². The fraction of sp³-hybridized carbons (Fsp3) is 0.536. The summed E-state index contributed by atoms with van der Waals surface area (Å²) in [4.78, 5) is 38.1. The fourth-order valence-electron chi connectivity index (χ4n) is 4.91. The Balaban J connectivity index is 1.55. The highest BCUT2D eigenvalue weighted by molar-refractivity contribution is 9.10. The first-order valence-electron chi connectivity index (χ1n) is 13.4. The van der Waals surface area contributed by atoms with E-state index in [1.807, 2.05) is 61.6 Å². The zero-order chi connectivity index (χ0) is 29.1. The third-order valence-electron chi connectivity index (χ3n) is 6.92. The lowest BCUT2D eigenvalue weighted by atomic mass is 9.98. The van der Waals surface area contributed by atoms with E-state index in [9.17, 15) is 9.59 Å². The lowest BCUT2D eigenvalue weighted by Crippen LogP contribution is -2.41. The summed E-state index contributed by atoms with van der Waals surface area (Å²) >= 11 is 5.30. The second-order valence-corrected chi connectivity index (χ2v) is 14.0. The van der Waals surface area contributed by atoms with Gasteiger partial charge in [-0.25, -0.2) is 28.6 Å². The second-order valence-electron chi connectivity index (χ2n) is 12.2. The van der Waals surface area contributed by atoms with Crippen molar-refractivity contribution in [2.75, 3.05) is 13.1 Å². The maximum absolute atomic E-state index is 13.7. The number of piperidine rings is 1. The SMILES string of the molecule is Cc1c(-c2c(Br)c3nc(C4CCN(C(=O)OC(C)(C)C)CC4)sc3n2C(=O)OC(C)(C)C)cn2ncnc2c1C. The molecular weight excluding hydrogens is 596 g/mol. The van der Waals surface area contributed by atoms with E-state index in [2.05, 4.69) is 26.0 Å². The first-order chi connectivity index (χ1) is 18.6. The number of nitrogens with zero attached hydrogens (tertiary/aromatic N) is 6. The van der Waals surface area contributed by atoms with Gasteiger partial charge in [-0.15, -0.1) is 0 Å². The molecule has 0 aromatic carbocycles. The van der Waals surface area contributed by atoms with Gasteiger partial charge in [0, 0.05) is 30.8 Å². The molecule has 0 unspecified atom stereocenters. The van der Waals surface area contributed by atoms with Crippen LogP contribution in [0.3, 0.4) is 0 Å². The Hall–Kier alpha value is -2.99. The summed E-state index contributed by atoms with van der Waals surface area (Å²) in [6, 6.07) is 0. The third-order valence-corrected chi connectivity index (χ3v) is 8.88. The van der Waals surface area contributed by atoms with E-state index in [-0.39, 0.29) is 12.0 Å². The minimum atomic E-state index is -0.680. The zero-order valence-corrected chi connectivity index (χ0v) is 26.6. The number of likely N-dealkylation sites (tertiary alicyclic amines) is 1. The van der Waals surface area contributed by atoms with E-state index in [0.717, 1.165) is 49.5 Å². The molecule has 12 heteroatoms. The molecule has 4 aromatic rings. The average molecular weight is 632 g/mol. The summed E-state index contributed by atoms with van der Waals surface area (Å²) in [6.07, 6.45) is 4.20. The third kappa shape index (κ3) is 5.35. The first-order valence-corrected chi connectivity index (χ1v) is 15.0. The molecule has 5 rings (SSSR count). The van der Waals surface area contributed by atoms with E-state index < -0.39 is 17.3 Å². The standard InChI is InChI=1S/C28H35BrN6O4S/c1-15-16(2)22-30-14-31-34(22)13-18(15)21-19(29)20-24(35(21)26(37)39-28(6,7)8)40-23(32-20)17-9-11-33(12-10-17)25(36)38-27(3,4)5/h13-14,17H,9-12H2,1-8H3. The Kier molecular flexibility index (Phi) is 7.23. The monoisotopic (exact) mass is 630 g/mol. The van der Waals surface area contributed by atoms with Gasteiger partial charge in [-0.3, -0.25) is 0 Å². The molecule has 0 saturated carbocycles. The van der Waals surface area contributed by atoms with Gasteiger partial charge in [0.2, 0.25) is 0 Å². The van der Waals surface area contributed by atoms with Crippen molar-refractivity contribution in [1.82, 2.24) is 29.0 Å². The van der Waals surface area contributed by atoms with Gasteiger partial charge in [-0.2, -0.15) is 5.10 Å². The second kappa shape index (κ2) is 10.1. The van der Waals surface area contributed by atoms with Gasteiger partial charge < -0.3 is 14.4 Å². The average Bonchev–Trinajstić information content (AvgIpc) is 3.55. The summed E-state index contributed by atoms with van der Waals surface area (Å²) < 4.78 is 15.5. The van der Waals surface area contributed by atoms with Gasteiger partial charge in [-0.1, -0.05) is 11.3 Å². The fourth-order valence-corrected chi connectivity index (χ4v) is 6.94. The van der Waals surface area contributed by atoms with Crippen LogP contribution in [0, 0.1) is 13.8 Å². The van der Waals surface area contributed by atoms with Crippen LogP contribution >= 0.6 is 27.3 Å². The lowest BCUT2D eigenvalue weighted by Gasteiger charge is -2.32. The van der Waals surface area contributed by atoms with E-state index in [4.69, 9.17) is 14.5 Å². The number of amides is 1. The smallest absolute Gasteiger partial charge is 0.420 e. The molecular formula is C28H35BrN6O4S. The molecule has 0 aliphatic carbocycles. The molecule has 1 amide bonds. The molecule has 0 N–H and O–H groups in total. The van der Waals surface area contributed by atoms with Crippen molar-refractivity contribution < 1.29 is 19.1 Å². The van der Waals surface area contributed by atoms with Crippen molar-refractivity contribution >= 4 is 55.4 Å². The lowest BCUT2D eigenvalue weighted by molar-refractivity contribution is 0.0204. The number of ether oxygens (including phenoxy) is 2. The normalized spacial score (nSPS) is 15.3. The largest absolute Gasteiger partial charge is 0.444 e. The predicted molar refractivity (Wildman–Crippen MR) is 158 cm³/mol. The molecule has 1 fully saturated rings. The number of halogens is 1. The summed E-state index contributed by atoms with van der Waals surface area (Å²) in [6.45, 7) is 16.4. The predicted octanol–water partition coefficient (Wildman–Crippen LogP) is 7.08. The minimum Gasteiger partial charge on any atom is -0.444 e. The van der Waals surface area contributed by atoms with Crippen LogP contribution in [-0.4, -0.2) is 65.5 Å². The summed E-state index contributed by atoms with van der Waals surface area (Å²) in [7, 11) is 0. The van der Waals surface area contributed by atoms with Crippen molar-refractivity contribution in [3.8, 4) is 11.3 Å². The quantitative estimate of drug-likeness (QED) is 0.233. The summed E-state index contributed by atoms with van der Waals surface area (Å²) in [5.74, 6) is 0.175. The van der Waals surface area contributed by atoms with Crippen LogP contribution in [-0.2, 0) is 9.47 Å². The number of aromatic nitrogens is 5. The van der Waals surface area contributed by atoms with Gasteiger partial charge >= 0.3 is 12.2 Å². The number of pyridine rings is 1. The molecule has 1 saturated heterocycles. The molecule has 40 heavy (non-hydrogen) atoms. The molecule has 10 nitrogen and oxygen atoms in total. The Morgan fingerprint density at radius 1 is 1.00 bits per heavy atom. The topological polar surface area (TPSA) is 104 Å². The molecule has 5 heterocycles. The van der Waals surface area contributed by atoms with Gasteiger partial charge in [0.05, 0.1) is 15.2 Å². The van der Waals surface area contributed by atoms with Crippen LogP contribution in [0.1, 0.15) is 76.4 Å². The number of aryl methyl sites for hydroxylation is 1. The number of hydrogen-bond acceptors (Lipinski definition) is 8. The van der Waals surface area contributed by atoms with Gasteiger partial charge in [0.25, 0.3) is 0 Å². The van der Waals surface area contributed by atoms with Crippen LogP contribution in [0.15, 0.2) is 17.0 Å². The Morgan fingerprint density at radius 3 is 2.25 bits per heavy atom. The highest BCUT2D eigenvalue weighted by Crippen LogP contribution is 2.44. The molecule has 0 atom stereocenters. The summed E-state index contributed by atoms with van der Waals surface area (Å²) in [5, 5.41) is 5.28. The molecule has 0 radical (unpaired) electrons. The molecule has 214 valence electrons. The molecule has 0 bridgehead atoms. The minimum absolute atomic E-state index is 0.175. The maximum atomic E-state index is 13.7. The number of fused-ring (bicyclic) bond motifs is 2. The highest BCUT2D eigenvalue weighted by atomic mass is 79.9. The van der Waals surface area contributed by atoms with Crippen LogP contribution in [0.5, 0.6) is 0 Å². The van der Waals surface area contributed by atoms with Crippen LogP contribution in [0.4, 0.5) is 9.59 Å². The highest BCUT2D eigenvalue weighted by Gasteiger charge is 2.33. The molecule has 1 aliphatic rings. The van der Waals surface area contributed by atoms with Crippen molar-refractivity contribution in [2.24, 2.45) is 0 Å². The van der Waals surface area contributed by atoms with Crippen LogP contribution in [0.25, 0.3) is 27.3 Å². The number of carbonyl (C=O) groups is 2. The Labute approximate surface area is 245 Å². The van der Waals surface area contributed by atoms with Crippen LogP contribution < -0.4 is 0 Å². The molecule has 1 aliphatic heterocycles. The van der Waals surface area contributed by atoms with E-state index in [0.29, 0.717) is 24.3 Å². The molecule has 0 spiro atoms. The Morgan fingerprint density at radius 2 is 1.62 bits per heavy atom. The van der Waals surface area contributed by atoms with Crippen molar-refractivity contribution in [3.05, 3.63) is 33.1 Å². The Bertz CT molecular complexity index is 1620. The van der Waals surface area contributed by atoms with Crippen molar-refractivity contribution in [3.63, 3.8) is 0 Å². The number of thiazole rings is 1.